The fourth-order valence-electron chi connectivity index (χ4n) is 1.44. The Kier molecular flexibility index (Phi) is 4.27. The van der Waals surface area contributed by atoms with Gasteiger partial charge in [0, 0.05) is 19.6 Å². The smallest absolute Gasteiger partial charge is 0.415 e. The highest BCUT2D eigenvalue weighted by atomic mass is 28.4. The van der Waals surface area contributed by atoms with Crippen LogP contribution in [-0.2, 0) is 13.9 Å². The van der Waals surface area contributed by atoms with E-state index in [1.165, 1.54) is 13.2 Å². The number of alkyl halides is 3. The summed E-state index contributed by atoms with van der Waals surface area (Å²) < 4.78 is 52.9. The molecule has 0 radical (unpaired) electrons. The molecule has 0 aromatic carbocycles. The molecule has 17 heavy (non-hydrogen) atoms. The van der Waals surface area contributed by atoms with E-state index in [9.17, 15) is 13.2 Å². The van der Waals surface area contributed by atoms with E-state index in [0.717, 1.165) is 0 Å². The van der Waals surface area contributed by atoms with E-state index in [4.69, 9.17) is 13.9 Å². The quantitative estimate of drug-likeness (QED) is 0.738. The van der Waals surface area contributed by atoms with Gasteiger partial charge in [0.15, 0.2) is 12.4 Å². The third-order valence-corrected chi connectivity index (χ3v) is 2.92. The largest absolute Gasteiger partial charge is 0.547 e. The Morgan fingerprint density at radius 1 is 1.35 bits per heavy atom. The van der Waals surface area contributed by atoms with E-state index in [2.05, 4.69) is 0 Å². The molecule has 2 atom stereocenters. The molecule has 1 aliphatic rings. The van der Waals surface area contributed by atoms with Crippen molar-refractivity contribution in [2.24, 2.45) is 0 Å². The molecule has 0 saturated carbocycles. The highest BCUT2D eigenvalue weighted by Crippen LogP contribution is 2.33. The minimum atomic E-state index is -4.40. The summed E-state index contributed by atoms with van der Waals surface area (Å²) in [6.45, 7) is 5.73. The van der Waals surface area contributed by atoms with Crippen LogP contribution in [0.25, 0.3) is 0 Å². The Bertz CT molecular complexity index is 296. The van der Waals surface area contributed by atoms with Crippen molar-refractivity contribution in [3.63, 3.8) is 0 Å². The molecule has 0 saturated heterocycles. The van der Waals surface area contributed by atoms with Gasteiger partial charge in [-0.1, -0.05) is 0 Å². The van der Waals surface area contributed by atoms with Crippen LogP contribution in [0, 0.1) is 0 Å². The second kappa shape index (κ2) is 4.99. The number of halogens is 3. The van der Waals surface area contributed by atoms with Crippen molar-refractivity contribution in [2.45, 2.75) is 44.6 Å². The number of methoxy groups -OCH3 is 1. The zero-order valence-corrected chi connectivity index (χ0v) is 11.3. The third-order valence-electron chi connectivity index (χ3n) is 2.04. The van der Waals surface area contributed by atoms with Gasteiger partial charge in [-0.05, 0) is 19.6 Å². The zero-order chi connectivity index (χ0) is 13.3. The minimum absolute atomic E-state index is 0.284. The predicted molar refractivity (Wildman–Crippen MR) is 58.9 cm³/mol. The normalized spacial score (nSPS) is 26.6. The number of ether oxygens (including phenoxy) is 2. The summed E-state index contributed by atoms with van der Waals surface area (Å²) in [6.07, 6.45) is -6.08. The fourth-order valence-corrected chi connectivity index (χ4v) is 2.38. The lowest BCUT2D eigenvalue weighted by atomic mass is 10.1. The molecule has 0 aliphatic carbocycles. The van der Waals surface area contributed by atoms with Crippen LogP contribution in [0.3, 0.4) is 0 Å². The molecule has 0 unspecified atom stereocenters. The monoisotopic (exact) mass is 270 g/mol. The standard InChI is InChI=1S/C10H17F3O3Si/c1-14-9-6-7(16-17(2,3)4)5-8(15-9)10(11,12)13/h6,8-9H,5H2,1-4H3/t8-,9+/m0/s1. The molecule has 0 N–H and O–H groups in total. The van der Waals surface area contributed by atoms with Crippen molar-refractivity contribution in [2.75, 3.05) is 7.11 Å². The second-order valence-electron chi connectivity index (χ2n) is 4.82. The molecule has 1 rings (SSSR count). The van der Waals surface area contributed by atoms with E-state index in [0.29, 0.717) is 5.76 Å². The maximum atomic E-state index is 12.6. The minimum Gasteiger partial charge on any atom is -0.547 e. The zero-order valence-electron chi connectivity index (χ0n) is 10.3. The number of hydrogen-bond donors (Lipinski definition) is 0. The Hall–Kier alpha value is -0.533. The first-order valence-electron chi connectivity index (χ1n) is 5.26. The van der Waals surface area contributed by atoms with Gasteiger partial charge in [-0.15, -0.1) is 0 Å². The van der Waals surface area contributed by atoms with Gasteiger partial charge in [-0.2, -0.15) is 13.2 Å². The molecular weight excluding hydrogens is 253 g/mol. The van der Waals surface area contributed by atoms with E-state index >= 15 is 0 Å². The van der Waals surface area contributed by atoms with Crippen molar-refractivity contribution in [3.8, 4) is 0 Å². The van der Waals surface area contributed by atoms with Gasteiger partial charge in [0.05, 0.1) is 5.76 Å². The summed E-state index contributed by atoms with van der Waals surface area (Å²) in [4.78, 5) is 0. The number of rotatable bonds is 3. The van der Waals surface area contributed by atoms with Gasteiger partial charge >= 0.3 is 6.18 Å². The van der Waals surface area contributed by atoms with Crippen molar-refractivity contribution in [1.29, 1.82) is 0 Å². The molecule has 1 aliphatic heterocycles. The summed E-state index contributed by atoms with van der Waals surface area (Å²) in [5, 5.41) is 0. The first-order chi connectivity index (χ1) is 7.62. The van der Waals surface area contributed by atoms with Crippen molar-refractivity contribution in [1.82, 2.24) is 0 Å². The van der Waals surface area contributed by atoms with E-state index in [1.807, 2.05) is 19.6 Å². The van der Waals surface area contributed by atoms with Crippen LogP contribution in [-0.4, -0.2) is 34.0 Å². The summed E-state index contributed by atoms with van der Waals surface area (Å²) >= 11 is 0. The first-order valence-corrected chi connectivity index (χ1v) is 8.67. The Morgan fingerprint density at radius 2 is 1.94 bits per heavy atom. The molecule has 100 valence electrons. The van der Waals surface area contributed by atoms with Gasteiger partial charge in [-0.25, -0.2) is 0 Å². The molecular formula is C10H17F3O3Si. The lowest BCUT2D eigenvalue weighted by molar-refractivity contribution is -0.262. The average molecular weight is 270 g/mol. The molecule has 3 nitrogen and oxygen atoms in total. The van der Waals surface area contributed by atoms with Crippen molar-refractivity contribution in [3.05, 3.63) is 11.8 Å². The summed E-state index contributed by atoms with van der Waals surface area (Å²) in [7, 11) is -0.625. The Labute approximate surface area is 99.7 Å². The Morgan fingerprint density at radius 3 is 2.35 bits per heavy atom. The van der Waals surface area contributed by atoms with Crippen molar-refractivity contribution >= 4 is 8.32 Å². The molecule has 0 aromatic rings. The van der Waals surface area contributed by atoms with Gasteiger partial charge in [0.1, 0.15) is 0 Å². The summed E-state index contributed by atoms with van der Waals surface area (Å²) in [6, 6.07) is 0. The van der Waals surface area contributed by atoms with Crippen LogP contribution in [0.2, 0.25) is 19.6 Å². The van der Waals surface area contributed by atoms with Crippen LogP contribution in [0.15, 0.2) is 11.8 Å². The van der Waals surface area contributed by atoms with Gasteiger partial charge < -0.3 is 13.9 Å². The highest BCUT2D eigenvalue weighted by Gasteiger charge is 2.45. The molecule has 0 fully saturated rings. The third kappa shape index (κ3) is 4.69. The first kappa shape index (κ1) is 14.5. The van der Waals surface area contributed by atoms with Gasteiger partial charge in [0.2, 0.25) is 8.32 Å². The van der Waals surface area contributed by atoms with E-state index in [-0.39, 0.29) is 6.42 Å². The predicted octanol–water partition coefficient (Wildman–Crippen LogP) is 3.05. The van der Waals surface area contributed by atoms with Crippen LogP contribution in [0.4, 0.5) is 13.2 Å². The summed E-state index contributed by atoms with van der Waals surface area (Å²) in [5.41, 5.74) is 0. The molecule has 7 heteroatoms. The van der Waals surface area contributed by atoms with Crippen LogP contribution < -0.4 is 0 Å². The van der Waals surface area contributed by atoms with E-state index < -0.39 is 26.9 Å². The Balaban J connectivity index is 2.80. The van der Waals surface area contributed by atoms with Crippen LogP contribution >= 0.6 is 0 Å². The molecule has 0 bridgehead atoms. The molecule has 0 aromatic heterocycles. The second-order valence-corrected chi connectivity index (χ2v) is 9.25. The maximum Gasteiger partial charge on any atom is 0.415 e. The topological polar surface area (TPSA) is 27.7 Å². The lowest BCUT2D eigenvalue weighted by Gasteiger charge is -2.32. The molecule has 1 heterocycles. The van der Waals surface area contributed by atoms with Crippen molar-refractivity contribution < 1.29 is 27.1 Å². The summed E-state index contributed by atoms with van der Waals surface area (Å²) in [5.74, 6) is 0.310. The molecule has 0 spiro atoms. The number of hydrogen-bond acceptors (Lipinski definition) is 3. The fraction of sp³-hybridized carbons (Fsp3) is 0.800. The van der Waals surface area contributed by atoms with Gasteiger partial charge in [-0.3, -0.25) is 0 Å². The SMILES string of the molecule is CO[C@H]1C=C(O[Si](C)(C)C)C[C@@H](C(F)(F)F)O1. The lowest BCUT2D eigenvalue weighted by Crippen LogP contribution is -2.40. The van der Waals surface area contributed by atoms with E-state index in [1.54, 1.807) is 0 Å². The van der Waals surface area contributed by atoms with Crippen LogP contribution in [0.1, 0.15) is 6.42 Å². The molecule has 0 amide bonds. The maximum absolute atomic E-state index is 12.6. The highest BCUT2D eigenvalue weighted by molar-refractivity contribution is 6.70. The van der Waals surface area contributed by atoms with Gasteiger partial charge in [0.25, 0.3) is 0 Å². The van der Waals surface area contributed by atoms with Crippen LogP contribution in [0.5, 0.6) is 0 Å². The average Bonchev–Trinajstić information content (AvgIpc) is 2.13.